The maximum absolute atomic E-state index is 12.7. The molecule has 28 heavy (non-hydrogen) atoms. The average molecular weight is 386 g/mol. The maximum Gasteiger partial charge on any atom is 0.255 e. The first kappa shape index (κ1) is 19.0. The smallest absolute Gasteiger partial charge is 0.255 e. The second kappa shape index (κ2) is 8.38. The van der Waals surface area contributed by atoms with Gasteiger partial charge >= 0.3 is 0 Å². The van der Waals surface area contributed by atoms with E-state index in [1.54, 1.807) is 4.90 Å². The van der Waals surface area contributed by atoms with Crippen molar-refractivity contribution in [3.63, 3.8) is 0 Å². The van der Waals surface area contributed by atoms with Crippen molar-refractivity contribution in [1.29, 1.82) is 0 Å². The van der Waals surface area contributed by atoms with Gasteiger partial charge in [0, 0.05) is 50.6 Å². The molecule has 1 aromatic rings. The molecule has 0 spiro atoms. The van der Waals surface area contributed by atoms with E-state index in [9.17, 15) is 14.4 Å². The topological polar surface area (TPSA) is 99.8 Å². The van der Waals surface area contributed by atoms with Gasteiger partial charge in [0.05, 0.1) is 13.2 Å². The van der Waals surface area contributed by atoms with Crippen molar-refractivity contribution in [2.45, 2.75) is 32.0 Å². The number of fused-ring (bicyclic) bond motifs is 1. The van der Waals surface area contributed by atoms with Gasteiger partial charge in [0.1, 0.15) is 6.04 Å². The summed E-state index contributed by atoms with van der Waals surface area (Å²) in [5, 5.41) is 9.16. The fourth-order valence-electron chi connectivity index (χ4n) is 4.05. The molecule has 8 nitrogen and oxygen atoms in total. The fraction of sp³-hybridized carbons (Fsp3) is 0.550. The number of amides is 3. The Labute approximate surface area is 164 Å². The number of piperidine rings is 1. The van der Waals surface area contributed by atoms with E-state index >= 15 is 0 Å². The summed E-state index contributed by atoms with van der Waals surface area (Å²) in [4.78, 5) is 37.8. The zero-order valence-electron chi connectivity index (χ0n) is 15.8. The van der Waals surface area contributed by atoms with Crippen LogP contribution in [0.3, 0.4) is 0 Å². The van der Waals surface area contributed by atoms with Crippen LogP contribution >= 0.6 is 0 Å². The van der Waals surface area contributed by atoms with Crippen molar-refractivity contribution in [1.82, 2.24) is 20.9 Å². The number of hydrogen-bond acceptors (Lipinski definition) is 6. The molecule has 4 rings (SSSR count). The summed E-state index contributed by atoms with van der Waals surface area (Å²) in [6, 6.07) is 5.27. The van der Waals surface area contributed by atoms with Crippen molar-refractivity contribution in [2.75, 3.05) is 32.8 Å². The molecule has 3 amide bonds. The van der Waals surface area contributed by atoms with Gasteiger partial charge < -0.3 is 20.3 Å². The lowest BCUT2D eigenvalue weighted by atomic mass is 10.0. The minimum Gasteiger partial charge on any atom is -0.380 e. The molecule has 3 heterocycles. The molecule has 150 valence electrons. The molecule has 2 saturated heterocycles. The number of ether oxygens (including phenoxy) is 1. The van der Waals surface area contributed by atoms with E-state index in [2.05, 4.69) is 16.0 Å². The van der Waals surface area contributed by atoms with Gasteiger partial charge in [-0.2, -0.15) is 0 Å². The number of imide groups is 1. The van der Waals surface area contributed by atoms with Crippen molar-refractivity contribution in [3.8, 4) is 0 Å². The highest BCUT2D eigenvalue weighted by Gasteiger charge is 2.38. The van der Waals surface area contributed by atoms with Crippen LogP contribution in [-0.4, -0.2) is 61.5 Å². The van der Waals surface area contributed by atoms with E-state index in [0.717, 1.165) is 50.5 Å². The van der Waals surface area contributed by atoms with Gasteiger partial charge in [-0.15, -0.1) is 0 Å². The van der Waals surface area contributed by atoms with Gasteiger partial charge in [-0.25, -0.2) is 0 Å². The molecule has 3 N–H and O–H groups in total. The van der Waals surface area contributed by atoms with E-state index < -0.39 is 6.04 Å². The number of carbonyl (C=O) groups is 3. The third-order valence-electron chi connectivity index (χ3n) is 5.56. The second-order valence-electron chi connectivity index (χ2n) is 7.67. The fourth-order valence-corrected chi connectivity index (χ4v) is 4.05. The van der Waals surface area contributed by atoms with Crippen LogP contribution < -0.4 is 16.0 Å². The van der Waals surface area contributed by atoms with E-state index in [1.165, 1.54) is 0 Å². The molecule has 0 aromatic heterocycles. The molecule has 2 atom stereocenters. The van der Waals surface area contributed by atoms with Crippen molar-refractivity contribution in [2.24, 2.45) is 5.92 Å². The van der Waals surface area contributed by atoms with Crippen LogP contribution in [-0.2, 0) is 27.4 Å². The molecule has 2 unspecified atom stereocenters. The normalized spacial score (nSPS) is 25.4. The molecular weight excluding hydrogens is 360 g/mol. The zero-order chi connectivity index (χ0) is 19.5. The lowest BCUT2D eigenvalue weighted by molar-refractivity contribution is -0.136. The molecule has 0 aliphatic carbocycles. The third kappa shape index (κ3) is 4.09. The van der Waals surface area contributed by atoms with Crippen LogP contribution in [0.4, 0.5) is 0 Å². The monoisotopic (exact) mass is 386 g/mol. The summed E-state index contributed by atoms with van der Waals surface area (Å²) >= 11 is 0. The average Bonchev–Trinajstić information content (AvgIpc) is 2.84. The lowest BCUT2D eigenvalue weighted by Gasteiger charge is -2.29. The number of carbonyl (C=O) groups excluding carboxylic acids is 3. The van der Waals surface area contributed by atoms with Gasteiger partial charge in [-0.3, -0.25) is 19.7 Å². The SMILES string of the molecule is O=C1CCC(N2Cc3cc(CNCC4CNCCOC4)ccc3C2=O)C(=O)N1. The Morgan fingerprint density at radius 3 is 3.00 bits per heavy atom. The van der Waals surface area contributed by atoms with Crippen molar-refractivity contribution in [3.05, 3.63) is 34.9 Å². The summed E-state index contributed by atoms with van der Waals surface area (Å²) in [6.45, 7) is 5.38. The van der Waals surface area contributed by atoms with Gasteiger partial charge in [-0.1, -0.05) is 12.1 Å². The molecule has 8 heteroatoms. The van der Waals surface area contributed by atoms with E-state index in [-0.39, 0.29) is 24.1 Å². The van der Waals surface area contributed by atoms with Gasteiger partial charge in [0.25, 0.3) is 5.91 Å². The van der Waals surface area contributed by atoms with Crippen LogP contribution in [0.25, 0.3) is 0 Å². The molecule has 3 aliphatic heterocycles. The number of hydrogen-bond donors (Lipinski definition) is 3. The van der Waals surface area contributed by atoms with Gasteiger partial charge in [-0.05, 0) is 23.6 Å². The maximum atomic E-state index is 12.7. The van der Waals surface area contributed by atoms with E-state index in [0.29, 0.717) is 24.4 Å². The lowest BCUT2D eigenvalue weighted by Crippen LogP contribution is -2.52. The number of rotatable bonds is 5. The first-order chi connectivity index (χ1) is 13.6. The number of nitrogens with one attached hydrogen (secondary N) is 3. The molecular formula is C20H26N4O4. The number of nitrogens with zero attached hydrogens (tertiary/aromatic N) is 1. The minimum absolute atomic E-state index is 0.134. The highest BCUT2D eigenvalue weighted by molar-refractivity contribution is 6.05. The minimum atomic E-state index is -0.568. The van der Waals surface area contributed by atoms with Crippen LogP contribution in [0.2, 0.25) is 0 Å². The Morgan fingerprint density at radius 2 is 2.14 bits per heavy atom. The molecule has 0 radical (unpaired) electrons. The summed E-state index contributed by atoms with van der Waals surface area (Å²) in [6.07, 6.45) is 0.655. The highest BCUT2D eigenvalue weighted by Crippen LogP contribution is 2.28. The summed E-state index contributed by atoms with van der Waals surface area (Å²) in [5.41, 5.74) is 2.70. The van der Waals surface area contributed by atoms with Gasteiger partial charge in [0.15, 0.2) is 0 Å². The van der Waals surface area contributed by atoms with Crippen LogP contribution in [0, 0.1) is 5.92 Å². The molecule has 2 fully saturated rings. The van der Waals surface area contributed by atoms with E-state index in [4.69, 9.17) is 4.74 Å². The molecule has 0 saturated carbocycles. The zero-order valence-corrected chi connectivity index (χ0v) is 15.8. The highest BCUT2D eigenvalue weighted by atomic mass is 16.5. The third-order valence-corrected chi connectivity index (χ3v) is 5.56. The Morgan fingerprint density at radius 1 is 1.25 bits per heavy atom. The molecule has 0 bridgehead atoms. The van der Waals surface area contributed by atoms with Crippen LogP contribution in [0.5, 0.6) is 0 Å². The standard InChI is InChI=1S/C20H26N4O4/c25-18-4-3-17(19(26)23-18)24-11-15-7-13(1-2-16(15)20(24)27)8-22-10-14-9-21-5-6-28-12-14/h1-2,7,14,17,21-22H,3-6,8-12H2,(H,23,25,26). The van der Waals surface area contributed by atoms with Crippen molar-refractivity contribution >= 4 is 17.7 Å². The Hall–Kier alpha value is -2.29. The van der Waals surface area contributed by atoms with E-state index in [1.807, 2.05) is 18.2 Å². The summed E-state index contributed by atoms with van der Waals surface area (Å²) < 4.78 is 5.57. The molecule has 1 aromatic carbocycles. The summed E-state index contributed by atoms with van der Waals surface area (Å²) in [5.74, 6) is -0.334. The molecule has 3 aliphatic rings. The predicted octanol–water partition coefficient (Wildman–Crippen LogP) is -0.227. The quantitative estimate of drug-likeness (QED) is 0.605. The largest absolute Gasteiger partial charge is 0.380 e. The summed E-state index contributed by atoms with van der Waals surface area (Å²) in [7, 11) is 0. The predicted molar refractivity (Wildman–Crippen MR) is 101 cm³/mol. The Kier molecular flexibility index (Phi) is 5.70. The second-order valence-corrected chi connectivity index (χ2v) is 7.67. The van der Waals surface area contributed by atoms with Crippen LogP contribution in [0.15, 0.2) is 18.2 Å². The van der Waals surface area contributed by atoms with Crippen LogP contribution in [0.1, 0.15) is 34.3 Å². The Bertz CT molecular complexity index is 773. The first-order valence-electron chi connectivity index (χ1n) is 9.87. The Balaban J connectivity index is 1.35. The first-order valence-corrected chi connectivity index (χ1v) is 9.87. The van der Waals surface area contributed by atoms with Gasteiger partial charge in [0.2, 0.25) is 11.8 Å². The number of benzene rings is 1. The van der Waals surface area contributed by atoms with Crippen molar-refractivity contribution < 1.29 is 19.1 Å².